The summed E-state index contributed by atoms with van der Waals surface area (Å²) in [6, 6.07) is 7.86. The van der Waals surface area contributed by atoms with Crippen LogP contribution in [0, 0.1) is 11.8 Å². The third kappa shape index (κ3) is 3.14. The van der Waals surface area contributed by atoms with E-state index < -0.39 is 0 Å². The number of carbonyl (C=O) groups is 1. The number of nitrogens with one attached hydrogen (secondary N) is 1. The molecule has 6 nitrogen and oxygen atoms in total. The fraction of sp³-hybridized carbons (Fsp3) is 0.550. The van der Waals surface area contributed by atoms with E-state index in [2.05, 4.69) is 10.4 Å². The first-order valence-electron chi connectivity index (χ1n) is 9.53. The van der Waals surface area contributed by atoms with Crippen LogP contribution in [0.25, 0.3) is 10.8 Å². The topological polar surface area (TPSA) is 90.0 Å². The molecule has 26 heavy (non-hydrogen) atoms. The molecular weight excluding hydrogens is 328 g/mol. The van der Waals surface area contributed by atoms with Crippen molar-refractivity contribution in [1.82, 2.24) is 15.1 Å². The van der Waals surface area contributed by atoms with E-state index in [-0.39, 0.29) is 30.0 Å². The molecule has 2 aromatic rings. The van der Waals surface area contributed by atoms with Crippen molar-refractivity contribution in [3.8, 4) is 0 Å². The first-order chi connectivity index (χ1) is 12.5. The number of hydrogen-bond acceptors (Lipinski definition) is 4. The van der Waals surface area contributed by atoms with E-state index in [1.165, 1.54) is 11.1 Å². The zero-order valence-corrected chi connectivity index (χ0v) is 15.1. The van der Waals surface area contributed by atoms with E-state index in [0.717, 1.165) is 31.1 Å². The average Bonchev–Trinajstić information content (AvgIpc) is 2.60. The predicted octanol–water partition coefficient (Wildman–Crippen LogP) is 1.50. The van der Waals surface area contributed by atoms with Crippen molar-refractivity contribution in [2.45, 2.75) is 50.6 Å². The van der Waals surface area contributed by atoms with Crippen LogP contribution in [-0.4, -0.2) is 27.8 Å². The zero-order valence-electron chi connectivity index (χ0n) is 15.1. The van der Waals surface area contributed by atoms with Crippen LogP contribution in [-0.2, 0) is 18.3 Å². The first-order valence-corrected chi connectivity index (χ1v) is 9.53. The molecule has 0 saturated heterocycles. The largest absolute Gasteiger partial charge is 0.352 e. The van der Waals surface area contributed by atoms with Crippen LogP contribution in [0.4, 0.5) is 0 Å². The molecule has 4 rings (SSSR count). The third-order valence-electron chi connectivity index (χ3n) is 6.07. The van der Waals surface area contributed by atoms with Gasteiger partial charge in [-0.1, -0.05) is 24.6 Å². The lowest BCUT2D eigenvalue weighted by atomic mass is 9.67. The Bertz CT molecular complexity index is 877. The summed E-state index contributed by atoms with van der Waals surface area (Å²) in [5.41, 5.74) is 6.69. The number of hydrogen-bond donors (Lipinski definition) is 2. The molecule has 1 aromatic heterocycles. The fourth-order valence-electron chi connectivity index (χ4n) is 4.92. The summed E-state index contributed by atoms with van der Waals surface area (Å²) in [7, 11) is 1.63. The van der Waals surface area contributed by atoms with Crippen molar-refractivity contribution in [2.24, 2.45) is 24.6 Å². The molecule has 1 heterocycles. The van der Waals surface area contributed by atoms with Gasteiger partial charge in [-0.15, -0.1) is 0 Å². The highest BCUT2D eigenvalue weighted by Crippen LogP contribution is 2.39. The van der Waals surface area contributed by atoms with Crippen molar-refractivity contribution < 1.29 is 4.79 Å². The lowest BCUT2D eigenvalue weighted by Gasteiger charge is -2.45. The number of amides is 1. The standard InChI is InChI=1S/C20H26N4O2/c1-24-20(26)16-8-3-2-7-15(16)17(23-24)11-18(25)22-19-12-5-4-6-13(19)10-14(21)9-12/h2-3,7-8,12-14,19H,4-6,9-11,21H2,1H3,(H,22,25). The number of benzene rings is 1. The molecule has 0 aliphatic heterocycles. The Morgan fingerprint density at radius 2 is 1.88 bits per heavy atom. The van der Waals surface area contributed by atoms with Gasteiger partial charge in [-0.05, 0) is 43.6 Å². The van der Waals surface area contributed by atoms with Crippen LogP contribution in [0.1, 0.15) is 37.8 Å². The van der Waals surface area contributed by atoms with Crippen molar-refractivity contribution >= 4 is 16.7 Å². The molecule has 2 unspecified atom stereocenters. The van der Waals surface area contributed by atoms with Gasteiger partial charge in [0.05, 0.1) is 17.5 Å². The minimum Gasteiger partial charge on any atom is -0.352 e. The van der Waals surface area contributed by atoms with Crippen molar-refractivity contribution in [3.63, 3.8) is 0 Å². The molecule has 0 radical (unpaired) electrons. The molecule has 2 aliphatic carbocycles. The molecule has 2 fully saturated rings. The lowest BCUT2D eigenvalue weighted by Crippen LogP contribution is -2.54. The van der Waals surface area contributed by atoms with Crippen LogP contribution >= 0.6 is 0 Å². The van der Waals surface area contributed by atoms with Gasteiger partial charge in [0, 0.05) is 24.5 Å². The summed E-state index contributed by atoms with van der Waals surface area (Å²) in [5.74, 6) is 0.969. The second kappa shape index (κ2) is 6.83. The zero-order chi connectivity index (χ0) is 18.3. The molecule has 2 bridgehead atoms. The van der Waals surface area contributed by atoms with Crippen LogP contribution in [0.3, 0.4) is 0 Å². The molecule has 2 atom stereocenters. The molecular formula is C20H26N4O2. The highest BCUT2D eigenvalue weighted by molar-refractivity contribution is 5.88. The maximum Gasteiger partial charge on any atom is 0.274 e. The van der Waals surface area contributed by atoms with E-state index in [4.69, 9.17) is 5.73 Å². The molecule has 2 aliphatic rings. The smallest absolute Gasteiger partial charge is 0.274 e. The van der Waals surface area contributed by atoms with E-state index in [9.17, 15) is 9.59 Å². The summed E-state index contributed by atoms with van der Waals surface area (Å²) >= 11 is 0. The SMILES string of the molecule is Cn1nc(CC(=O)NC2C3CCCC2CC(N)C3)c2ccccc2c1=O. The monoisotopic (exact) mass is 354 g/mol. The number of rotatable bonds is 3. The Kier molecular flexibility index (Phi) is 4.53. The maximum absolute atomic E-state index is 12.8. The number of carbonyl (C=O) groups excluding carboxylic acids is 1. The second-order valence-electron chi connectivity index (χ2n) is 7.87. The van der Waals surface area contributed by atoms with Gasteiger partial charge in [0.2, 0.25) is 5.91 Å². The molecule has 138 valence electrons. The number of aryl methyl sites for hydroxylation is 1. The van der Waals surface area contributed by atoms with Crippen molar-refractivity contribution in [3.05, 3.63) is 40.3 Å². The quantitative estimate of drug-likeness (QED) is 0.874. The Hall–Kier alpha value is -2.21. The summed E-state index contributed by atoms with van der Waals surface area (Å²) in [4.78, 5) is 25.0. The first kappa shape index (κ1) is 17.2. The number of fused-ring (bicyclic) bond motifs is 3. The minimum absolute atomic E-state index is 0.0151. The van der Waals surface area contributed by atoms with Crippen LogP contribution in [0.5, 0.6) is 0 Å². The highest BCUT2D eigenvalue weighted by Gasteiger charge is 2.39. The number of nitrogens with zero attached hydrogens (tertiary/aromatic N) is 2. The molecule has 6 heteroatoms. The highest BCUT2D eigenvalue weighted by atomic mass is 16.2. The summed E-state index contributed by atoms with van der Waals surface area (Å²) in [5, 5.41) is 8.97. The Balaban J connectivity index is 1.55. The van der Waals surface area contributed by atoms with Crippen molar-refractivity contribution in [2.75, 3.05) is 0 Å². The molecule has 3 N–H and O–H groups in total. The Morgan fingerprint density at radius 1 is 1.23 bits per heavy atom. The lowest BCUT2D eigenvalue weighted by molar-refractivity contribution is -0.122. The average molecular weight is 354 g/mol. The minimum atomic E-state index is -0.138. The number of nitrogens with two attached hydrogens (primary N) is 1. The van der Waals surface area contributed by atoms with Gasteiger partial charge in [0.15, 0.2) is 0 Å². The van der Waals surface area contributed by atoms with Gasteiger partial charge in [-0.25, -0.2) is 4.68 Å². The number of aromatic nitrogens is 2. The molecule has 1 amide bonds. The summed E-state index contributed by atoms with van der Waals surface area (Å²) in [6.07, 6.45) is 5.73. The van der Waals surface area contributed by atoms with E-state index in [1.54, 1.807) is 13.1 Å². The van der Waals surface area contributed by atoms with Gasteiger partial charge in [-0.2, -0.15) is 5.10 Å². The fourth-order valence-corrected chi connectivity index (χ4v) is 4.92. The van der Waals surface area contributed by atoms with Crippen LogP contribution < -0.4 is 16.6 Å². The van der Waals surface area contributed by atoms with E-state index in [0.29, 0.717) is 22.9 Å². The second-order valence-corrected chi connectivity index (χ2v) is 7.87. The van der Waals surface area contributed by atoms with Gasteiger partial charge in [0.1, 0.15) is 0 Å². The van der Waals surface area contributed by atoms with Gasteiger partial charge in [-0.3, -0.25) is 9.59 Å². The maximum atomic E-state index is 12.8. The van der Waals surface area contributed by atoms with Gasteiger partial charge < -0.3 is 11.1 Å². The summed E-state index contributed by atoms with van der Waals surface area (Å²) in [6.45, 7) is 0. The van der Waals surface area contributed by atoms with Gasteiger partial charge in [0.25, 0.3) is 5.56 Å². The predicted molar refractivity (Wildman–Crippen MR) is 101 cm³/mol. The molecule has 1 aromatic carbocycles. The van der Waals surface area contributed by atoms with Gasteiger partial charge >= 0.3 is 0 Å². The summed E-state index contributed by atoms with van der Waals surface area (Å²) < 4.78 is 1.32. The Labute approximate surface area is 152 Å². The van der Waals surface area contributed by atoms with E-state index in [1.807, 2.05) is 18.2 Å². The third-order valence-corrected chi connectivity index (χ3v) is 6.07. The molecule has 2 saturated carbocycles. The van der Waals surface area contributed by atoms with E-state index >= 15 is 0 Å². The van der Waals surface area contributed by atoms with Crippen LogP contribution in [0.15, 0.2) is 29.1 Å². The van der Waals surface area contributed by atoms with Crippen LogP contribution in [0.2, 0.25) is 0 Å². The normalized spacial score (nSPS) is 28.1. The Morgan fingerprint density at radius 3 is 2.58 bits per heavy atom. The molecule has 0 spiro atoms. The van der Waals surface area contributed by atoms with Crippen molar-refractivity contribution in [1.29, 1.82) is 0 Å².